The third-order valence-electron chi connectivity index (χ3n) is 12.5. The molecule has 2 aliphatic rings. The van der Waals surface area contributed by atoms with Crippen molar-refractivity contribution in [3.8, 4) is 22.6 Å². The maximum Gasteiger partial charge on any atom is 0.290 e. The Hall–Kier alpha value is -4.44. The van der Waals surface area contributed by atoms with Gasteiger partial charge >= 0.3 is 0 Å². The normalized spacial score (nSPS) is 20.9. The molecular weight excluding hydrogens is 587 g/mol. The van der Waals surface area contributed by atoms with Crippen molar-refractivity contribution in [2.75, 3.05) is 0 Å². The number of rotatable bonds is 9. The first kappa shape index (κ1) is 30.9. The highest BCUT2D eigenvalue weighted by atomic mass is 16.3. The molecule has 2 aliphatic heterocycles. The summed E-state index contributed by atoms with van der Waals surface area (Å²) in [6.45, 7) is 16.6. The molecule has 0 saturated carbocycles. The molecule has 0 amide bonds. The number of allylic oxidation sites excluding steroid dienone is 1. The summed E-state index contributed by atoms with van der Waals surface area (Å²) < 4.78 is 14.3. The van der Waals surface area contributed by atoms with Crippen molar-refractivity contribution in [2.45, 2.75) is 96.6 Å². The summed E-state index contributed by atoms with van der Waals surface area (Å²) in [6, 6.07) is 29.3. The Morgan fingerprint density at radius 1 is 0.917 bits per heavy atom. The summed E-state index contributed by atoms with van der Waals surface area (Å²) in [5, 5.41) is 2.39. The first-order chi connectivity index (χ1) is 23.3. The molecule has 0 bridgehead atoms. The molecule has 4 heteroatoms. The first-order valence-corrected chi connectivity index (χ1v) is 18.2. The SMILES string of the molecule is C=C(CCCC)c1c(C)n2c([n+]1C)-c1ccccc1C(CC)(CCC1c3ccc4c(oc5ccccc54)c3-c3cccc[n+]31)C2(C)CC. The van der Waals surface area contributed by atoms with Gasteiger partial charge in [0.05, 0.1) is 18.2 Å². The third-order valence-corrected chi connectivity index (χ3v) is 12.5. The number of fused-ring (bicyclic) bond motifs is 10. The Kier molecular flexibility index (Phi) is 7.28. The Balaban J connectivity index is 1.28. The molecule has 0 aliphatic carbocycles. The van der Waals surface area contributed by atoms with Gasteiger partial charge in [-0.25, -0.2) is 9.13 Å². The van der Waals surface area contributed by atoms with Crippen molar-refractivity contribution >= 4 is 27.5 Å². The van der Waals surface area contributed by atoms with Crippen LogP contribution in [-0.4, -0.2) is 4.57 Å². The molecule has 0 spiro atoms. The summed E-state index contributed by atoms with van der Waals surface area (Å²) in [6.07, 6.45) is 9.88. The zero-order chi connectivity index (χ0) is 33.4. The maximum atomic E-state index is 6.62. The molecule has 0 fully saturated rings. The van der Waals surface area contributed by atoms with E-state index in [1.54, 1.807) is 0 Å². The van der Waals surface area contributed by atoms with Gasteiger partial charge in [0.25, 0.3) is 5.82 Å². The van der Waals surface area contributed by atoms with Crippen LogP contribution in [0.1, 0.15) is 101 Å². The molecule has 3 unspecified atom stereocenters. The summed E-state index contributed by atoms with van der Waals surface area (Å²) in [7, 11) is 2.26. The predicted octanol–water partition coefficient (Wildman–Crippen LogP) is 10.5. The Bertz CT molecular complexity index is 2230. The average molecular weight is 636 g/mol. The lowest BCUT2D eigenvalue weighted by Crippen LogP contribution is -2.55. The van der Waals surface area contributed by atoms with Gasteiger partial charge in [-0.15, -0.1) is 0 Å². The number of benzene rings is 3. The lowest BCUT2D eigenvalue weighted by Gasteiger charge is -2.50. The van der Waals surface area contributed by atoms with Gasteiger partial charge in [-0.3, -0.25) is 0 Å². The van der Waals surface area contributed by atoms with E-state index >= 15 is 0 Å². The van der Waals surface area contributed by atoms with Crippen molar-refractivity contribution in [3.63, 3.8) is 0 Å². The fourth-order valence-corrected chi connectivity index (χ4v) is 10.0. The number of para-hydroxylation sites is 1. The van der Waals surface area contributed by atoms with Gasteiger partial charge in [0.1, 0.15) is 22.4 Å². The molecule has 0 radical (unpaired) electrons. The first-order valence-electron chi connectivity index (χ1n) is 18.2. The van der Waals surface area contributed by atoms with Crippen molar-refractivity contribution in [1.29, 1.82) is 0 Å². The van der Waals surface area contributed by atoms with E-state index in [0.717, 1.165) is 43.3 Å². The molecular formula is C44H49N3O+2. The molecule has 244 valence electrons. The predicted molar refractivity (Wildman–Crippen MR) is 197 cm³/mol. The minimum absolute atomic E-state index is 0.0636. The van der Waals surface area contributed by atoms with Crippen LogP contribution in [0.25, 0.3) is 50.2 Å². The van der Waals surface area contributed by atoms with E-state index in [1.165, 1.54) is 74.3 Å². The number of unbranched alkanes of at least 4 members (excludes halogenated alkanes) is 1. The van der Waals surface area contributed by atoms with Gasteiger partial charge in [-0.2, -0.15) is 4.57 Å². The number of aromatic nitrogens is 3. The fourth-order valence-electron chi connectivity index (χ4n) is 10.0. The van der Waals surface area contributed by atoms with Crippen molar-refractivity contribution in [3.05, 3.63) is 114 Å². The zero-order valence-corrected chi connectivity index (χ0v) is 29.6. The van der Waals surface area contributed by atoms with Gasteiger partial charge in [-0.1, -0.05) is 76.2 Å². The quantitative estimate of drug-likeness (QED) is 0.145. The molecule has 5 heterocycles. The second-order valence-corrected chi connectivity index (χ2v) is 14.5. The van der Waals surface area contributed by atoms with Crippen LogP contribution in [0, 0.1) is 6.92 Å². The highest BCUT2D eigenvalue weighted by molar-refractivity contribution is 6.10. The van der Waals surface area contributed by atoms with Gasteiger partial charge < -0.3 is 4.42 Å². The summed E-state index contributed by atoms with van der Waals surface area (Å²) in [5.74, 6) is 1.32. The number of hydrogen-bond donors (Lipinski definition) is 0. The third kappa shape index (κ3) is 4.01. The van der Waals surface area contributed by atoms with Gasteiger partial charge in [0.2, 0.25) is 5.69 Å². The highest BCUT2D eigenvalue weighted by Crippen LogP contribution is 2.57. The molecule has 8 rings (SSSR count). The van der Waals surface area contributed by atoms with E-state index in [-0.39, 0.29) is 17.0 Å². The molecule has 0 N–H and O–H groups in total. The van der Waals surface area contributed by atoms with E-state index in [0.29, 0.717) is 0 Å². The lowest BCUT2D eigenvalue weighted by atomic mass is 9.57. The molecule has 48 heavy (non-hydrogen) atoms. The Labute approximate surface area is 285 Å². The topological polar surface area (TPSA) is 25.8 Å². The largest absolute Gasteiger partial charge is 0.455 e. The van der Waals surface area contributed by atoms with Gasteiger partial charge in [-0.05, 0) is 74.4 Å². The monoisotopic (exact) mass is 635 g/mol. The summed E-state index contributed by atoms with van der Waals surface area (Å²) in [5.41, 5.74) is 12.4. The summed E-state index contributed by atoms with van der Waals surface area (Å²) >= 11 is 0. The highest BCUT2D eigenvalue weighted by Gasteiger charge is 2.59. The van der Waals surface area contributed by atoms with Crippen LogP contribution in [0.2, 0.25) is 0 Å². The van der Waals surface area contributed by atoms with E-state index < -0.39 is 0 Å². The average Bonchev–Trinajstić information content (AvgIpc) is 3.74. The van der Waals surface area contributed by atoms with E-state index in [9.17, 15) is 0 Å². The van der Waals surface area contributed by atoms with E-state index in [2.05, 4.69) is 147 Å². The molecule has 6 aromatic rings. The minimum Gasteiger partial charge on any atom is -0.455 e. The number of pyridine rings is 1. The number of nitrogens with zero attached hydrogens (tertiary/aromatic N) is 3. The molecule has 0 saturated heterocycles. The number of furan rings is 1. The zero-order valence-electron chi connectivity index (χ0n) is 29.6. The maximum absolute atomic E-state index is 6.62. The second-order valence-electron chi connectivity index (χ2n) is 14.5. The molecule has 3 aromatic heterocycles. The van der Waals surface area contributed by atoms with Crippen LogP contribution in [-0.2, 0) is 18.0 Å². The van der Waals surface area contributed by atoms with Gasteiger partial charge in [0.15, 0.2) is 17.9 Å². The molecule has 3 atom stereocenters. The minimum atomic E-state index is -0.120. The van der Waals surface area contributed by atoms with Crippen LogP contribution >= 0.6 is 0 Å². The number of hydrogen-bond acceptors (Lipinski definition) is 1. The van der Waals surface area contributed by atoms with E-state index in [4.69, 9.17) is 4.42 Å². The van der Waals surface area contributed by atoms with Crippen molar-refractivity contribution in [1.82, 2.24) is 4.57 Å². The Morgan fingerprint density at radius 3 is 2.48 bits per heavy atom. The van der Waals surface area contributed by atoms with Gasteiger partial charge in [0, 0.05) is 47.2 Å². The van der Waals surface area contributed by atoms with Crippen molar-refractivity contribution in [2.24, 2.45) is 7.05 Å². The molecule has 4 nitrogen and oxygen atoms in total. The summed E-state index contributed by atoms with van der Waals surface area (Å²) in [4.78, 5) is 0. The van der Waals surface area contributed by atoms with Crippen LogP contribution < -0.4 is 9.13 Å². The van der Waals surface area contributed by atoms with Crippen LogP contribution in [0.4, 0.5) is 0 Å². The molecule has 3 aromatic carbocycles. The van der Waals surface area contributed by atoms with Crippen LogP contribution in [0.5, 0.6) is 0 Å². The van der Waals surface area contributed by atoms with Crippen LogP contribution in [0.15, 0.2) is 96.1 Å². The smallest absolute Gasteiger partial charge is 0.290 e. The Morgan fingerprint density at radius 2 is 1.69 bits per heavy atom. The van der Waals surface area contributed by atoms with Crippen molar-refractivity contribution < 1.29 is 13.6 Å². The van der Waals surface area contributed by atoms with E-state index in [1.807, 2.05) is 0 Å². The van der Waals surface area contributed by atoms with Crippen LogP contribution in [0.3, 0.4) is 0 Å². The number of imidazole rings is 1. The second kappa shape index (κ2) is 11.3. The fraction of sp³-hybridized carbons (Fsp3) is 0.364. The standard InChI is InChI=1S/C44H49N3O/c1-8-11-18-29(4)40-30(5)47-42(45(40)7)33-20-12-14-21-35(33)44(10-3,43(47,6)9-2)27-26-36-34-25-24-32-31-19-13-15-23-38(31)48-41(32)39(34)37-22-16-17-28-46(36)37/h12-17,19-25,28,36H,4,8-11,18,26-27H2,1-3,5-7H3/q+2. The lowest BCUT2D eigenvalue weighted by molar-refractivity contribution is -0.698.